The fourth-order valence-electron chi connectivity index (χ4n) is 1.71. The van der Waals surface area contributed by atoms with Gasteiger partial charge < -0.3 is 15.2 Å². The van der Waals surface area contributed by atoms with Crippen LogP contribution in [0.4, 0.5) is 5.69 Å². The van der Waals surface area contributed by atoms with Gasteiger partial charge in [0.2, 0.25) is 0 Å². The number of hydrogen-bond acceptors (Lipinski definition) is 4. The zero-order valence-corrected chi connectivity index (χ0v) is 11.8. The number of nitrogens with zero attached hydrogens (tertiary/aromatic N) is 2. The number of carboxylic acids is 1. The molecule has 8 heteroatoms. The van der Waals surface area contributed by atoms with Crippen molar-refractivity contribution in [3.63, 3.8) is 0 Å². The first-order valence-electron chi connectivity index (χ1n) is 5.88. The first-order valence-corrected chi connectivity index (χ1v) is 6.26. The molecule has 7 nitrogen and oxygen atoms in total. The van der Waals surface area contributed by atoms with Crippen molar-refractivity contribution in [1.29, 1.82) is 0 Å². The first-order chi connectivity index (χ1) is 9.99. The zero-order chi connectivity index (χ0) is 15.4. The Morgan fingerprint density at radius 2 is 2.24 bits per heavy atom. The molecule has 0 spiro atoms. The Morgan fingerprint density at radius 1 is 1.48 bits per heavy atom. The van der Waals surface area contributed by atoms with Gasteiger partial charge in [-0.1, -0.05) is 11.6 Å². The van der Waals surface area contributed by atoms with Crippen molar-refractivity contribution in [3.8, 4) is 5.75 Å². The smallest absolute Gasteiger partial charge is 0.325 e. The minimum Gasteiger partial charge on any atom is -0.496 e. The van der Waals surface area contributed by atoms with E-state index in [2.05, 4.69) is 10.4 Å². The summed E-state index contributed by atoms with van der Waals surface area (Å²) in [5.74, 6) is -1.06. The summed E-state index contributed by atoms with van der Waals surface area (Å²) in [5.41, 5.74) is 0.652. The summed E-state index contributed by atoms with van der Waals surface area (Å²) >= 11 is 5.86. The number of benzene rings is 1. The Morgan fingerprint density at radius 3 is 2.90 bits per heavy atom. The van der Waals surface area contributed by atoms with Gasteiger partial charge in [-0.15, -0.1) is 0 Å². The quantitative estimate of drug-likeness (QED) is 0.879. The molecule has 0 fully saturated rings. The average Bonchev–Trinajstić information content (AvgIpc) is 2.85. The fraction of sp³-hybridized carbons (Fsp3) is 0.154. The molecule has 2 N–H and O–H groups in total. The van der Waals surface area contributed by atoms with Crippen LogP contribution >= 0.6 is 11.6 Å². The van der Waals surface area contributed by atoms with Crippen LogP contribution in [0.2, 0.25) is 5.02 Å². The second kappa shape index (κ2) is 6.27. The van der Waals surface area contributed by atoms with Crippen LogP contribution in [0.1, 0.15) is 10.4 Å². The molecule has 1 aromatic heterocycles. The highest BCUT2D eigenvalue weighted by Gasteiger charge is 2.14. The number of carbonyl (C=O) groups is 2. The van der Waals surface area contributed by atoms with Gasteiger partial charge in [0.1, 0.15) is 12.3 Å². The number of amides is 1. The lowest BCUT2D eigenvalue weighted by Crippen LogP contribution is -2.13. The molecule has 2 aromatic rings. The van der Waals surface area contributed by atoms with Gasteiger partial charge in [-0.3, -0.25) is 14.3 Å². The van der Waals surface area contributed by atoms with E-state index in [-0.39, 0.29) is 12.1 Å². The van der Waals surface area contributed by atoms with Gasteiger partial charge >= 0.3 is 5.97 Å². The summed E-state index contributed by atoms with van der Waals surface area (Å²) in [7, 11) is 1.45. The average molecular weight is 310 g/mol. The summed E-state index contributed by atoms with van der Waals surface area (Å²) < 4.78 is 6.30. The number of carboxylic acid groups (broad SMARTS) is 1. The number of aliphatic carboxylic acids is 1. The Kier molecular flexibility index (Phi) is 4.44. The van der Waals surface area contributed by atoms with Gasteiger partial charge in [0.25, 0.3) is 5.91 Å². The maximum atomic E-state index is 12.2. The molecule has 0 unspecified atom stereocenters. The number of nitrogens with one attached hydrogen (secondary N) is 1. The van der Waals surface area contributed by atoms with Crippen LogP contribution < -0.4 is 10.1 Å². The van der Waals surface area contributed by atoms with Crippen molar-refractivity contribution in [1.82, 2.24) is 9.78 Å². The standard InChI is InChI=1S/C13H12ClN3O4/c1-21-11-3-2-8(14)4-10(11)13(20)16-9-5-15-17(6-9)7-12(18)19/h2-6H,7H2,1H3,(H,16,20)(H,18,19). The third-order valence-electron chi connectivity index (χ3n) is 2.59. The number of carbonyl (C=O) groups excluding carboxylic acids is 1. The summed E-state index contributed by atoms with van der Waals surface area (Å²) in [6.45, 7) is -0.281. The van der Waals surface area contributed by atoms with E-state index in [0.717, 1.165) is 0 Å². The predicted molar refractivity (Wildman–Crippen MR) is 75.8 cm³/mol. The summed E-state index contributed by atoms with van der Waals surface area (Å²) in [6.07, 6.45) is 2.78. The highest BCUT2D eigenvalue weighted by Crippen LogP contribution is 2.23. The van der Waals surface area contributed by atoms with Gasteiger partial charge in [0, 0.05) is 11.2 Å². The Bertz CT molecular complexity index is 684. The van der Waals surface area contributed by atoms with E-state index in [0.29, 0.717) is 16.5 Å². The molecular formula is C13H12ClN3O4. The number of anilines is 1. The van der Waals surface area contributed by atoms with E-state index >= 15 is 0 Å². The van der Waals surface area contributed by atoms with Crippen molar-refractivity contribution in [2.45, 2.75) is 6.54 Å². The van der Waals surface area contributed by atoms with Crippen molar-refractivity contribution < 1.29 is 19.4 Å². The molecule has 0 bridgehead atoms. The Balaban J connectivity index is 2.16. The zero-order valence-electron chi connectivity index (χ0n) is 11.0. The molecule has 0 aliphatic rings. The highest BCUT2D eigenvalue weighted by molar-refractivity contribution is 6.31. The fourth-order valence-corrected chi connectivity index (χ4v) is 1.88. The largest absolute Gasteiger partial charge is 0.496 e. The maximum Gasteiger partial charge on any atom is 0.325 e. The number of methoxy groups -OCH3 is 1. The minimum atomic E-state index is -1.02. The van der Waals surface area contributed by atoms with Crippen LogP contribution in [-0.4, -0.2) is 33.9 Å². The van der Waals surface area contributed by atoms with Crippen LogP contribution in [0.3, 0.4) is 0 Å². The van der Waals surface area contributed by atoms with E-state index in [1.807, 2.05) is 0 Å². The lowest BCUT2D eigenvalue weighted by molar-refractivity contribution is -0.137. The number of halogens is 1. The van der Waals surface area contributed by atoms with Crippen molar-refractivity contribution >= 4 is 29.2 Å². The van der Waals surface area contributed by atoms with Crippen LogP contribution in [0.25, 0.3) is 0 Å². The number of hydrogen-bond donors (Lipinski definition) is 2. The van der Waals surface area contributed by atoms with E-state index in [9.17, 15) is 9.59 Å². The Labute approximate surface area is 125 Å². The molecule has 0 saturated carbocycles. The highest BCUT2D eigenvalue weighted by atomic mass is 35.5. The van der Waals surface area contributed by atoms with Crippen molar-refractivity contribution in [3.05, 3.63) is 41.2 Å². The molecule has 1 heterocycles. The molecule has 2 rings (SSSR count). The lowest BCUT2D eigenvalue weighted by atomic mass is 10.2. The molecule has 0 aliphatic carbocycles. The van der Waals surface area contributed by atoms with Crippen LogP contribution in [0.5, 0.6) is 5.75 Å². The van der Waals surface area contributed by atoms with Crippen LogP contribution in [-0.2, 0) is 11.3 Å². The molecule has 0 atom stereocenters. The van der Waals surface area contributed by atoms with Gasteiger partial charge in [-0.2, -0.15) is 5.10 Å². The van der Waals surface area contributed by atoms with Gasteiger partial charge in [-0.05, 0) is 18.2 Å². The Hall–Kier alpha value is -2.54. The second-order valence-corrected chi connectivity index (χ2v) is 4.56. The van der Waals surface area contributed by atoms with Crippen LogP contribution in [0, 0.1) is 0 Å². The van der Waals surface area contributed by atoms with Crippen molar-refractivity contribution in [2.75, 3.05) is 12.4 Å². The molecule has 0 radical (unpaired) electrons. The third-order valence-corrected chi connectivity index (χ3v) is 2.83. The summed E-state index contributed by atoms with van der Waals surface area (Å²) in [6, 6.07) is 4.69. The normalized spacial score (nSPS) is 10.2. The minimum absolute atomic E-state index is 0.274. The van der Waals surface area contributed by atoms with E-state index in [1.165, 1.54) is 30.3 Å². The number of ether oxygens (including phenoxy) is 1. The first kappa shape index (κ1) is 14.9. The van der Waals surface area contributed by atoms with Crippen molar-refractivity contribution in [2.24, 2.45) is 0 Å². The maximum absolute atomic E-state index is 12.2. The summed E-state index contributed by atoms with van der Waals surface area (Å²) in [4.78, 5) is 22.7. The third kappa shape index (κ3) is 3.73. The SMILES string of the molecule is COc1ccc(Cl)cc1C(=O)Nc1cnn(CC(=O)O)c1. The molecule has 0 aliphatic heterocycles. The molecule has 1 amide bonds. The van der Waals surface area contributed by atoms with Gasteiger partial charge in [0.15, 0.2) is 0 Å². The lowest BCUT2D eigenvalue weighted by Gasteiger charge is -2.08. The van der Waals surface area contributed by atoms with E-state index in [4.69, 9.17) is 21.4 Å². The van der Waals surface area contributed by atoms with E-state index in [1.54, 1.807) is 12.1 Å². The molecule has 0 saturated heterocycles. The molecule has 110 valence electrons. The molecular weight excluding hydrogens is 298 g/mol. The predicted octanol–water partition coefficient (Wildman–Crippen LogP) is 1.88. The van der Waals surface area contributed by atoms with Gasteiger partial charge in [-0.25, -0.2) is 0 Å². The van der Waals surface area contributed by atoms with E-state index < -0.39 is 11.9 Å². The molecule has 1 aromatic carbocycles. The number of rotatable bonds is 5. The summed E-state index contributed by atoms with van der Waals surface area (Å²) in [5, 5.41) is 15.5. The number of aromatic nitrogens is 2. The van der Waals surface area contributed by atoms with Crippen LogP contribution in [0.15, 0.2) is 30.6 Å². The monoisotopic (exact) mass is 309 g/mol. The molecule has 21 heavy (non-hydrogen) atoms. The topological polar surface area (TPSA) is 93.5 Å². The van der Waals surface area contributed by atoms with Gasteiger partial charge in [0.05, 0.1) is 24.6 Å². The second-order valence-electron chi connectivity index (χ2n) is 4.12.